The fourth-order valence-electron chi connectivity index (χ4n) is 1.96. The van der Waals surface area contributed by atoms with Crippen LogP contribution >= 0.6 is 15.9 Å². The number of benzene rings is 1. The molecule has 2 aromatic rings. The van der Waals surface area contributed by atoms with Crippen LogP contribution in [0.5, 0.6) is 0 Å². The van der Waals surface area contributed by atoms with E-state index in [1.807, 2.05) is 6.07 Å². The number of anilines is 3. The van der Waals surface area contributed by atoms with E-state index in [2.05, 4.69) is 36.5 Å². The molecule has 6 heteroatoms. The SMILES string of the molecule is CNc1nc(Nc2ccc(F)cc2Br)cc(C2CC2)n1. The summed E-state index contributed by atoms with van der Waals surface area (Å²) in [4.78, 5) is 8.83. The topological polar surface area (TPSA) is 49.8 Å². The highest BCUT2D eigenvalue weighted by Gasteiger charge is 2.26. The lowest BCUT2D eigenvalue weighted by atomic mass is 10.2. The van der Waals surface area contributed by atoms with Crippen LogP contribution in [0.4, 0.5) is 21.8 Å². The van der Waals surface area contributed by atoms with Crippen LogP contribution in [0.3, 0.4) is 0 Å². The smallest absolute Gasteiger partial charge is 0.224 e. The summed E-state index contributed by atoms with van der Waals surface area (Å²) in [6.45, 7) is 0. The Hall–Kier alpha value is -1.69. The molecule has 1 heterocycles. The van der Waals surface area contributed by atoms with Crippen LogP contribution in [0.25, 0.3) is 0 Å². The fourth-order valence-corrected chi connectivity index (χ4v) is 2.41. The molecule has 0 aliphatic heterocycles. The summed E-state index contributed by atoms with van der Waals surface area (Å²) < 4.78 is 13.8. The molecule has 0 amide bonds. The molecule has 1 aliphatic rings. The van der Waals surface area contributed by atoms with Crippen molar-refractivity contribution in [3.8, 4) is 0 Å². The number of halogens is 2. The minimum absolute atomic E-state index is 0.278. The van der Waals surface area contributed by atoms with Crippen molar-refractivity contribution in [2.75, 3.05) is 17.7 Å². The maximum atomic E-state index is 13.1. The molecule has 1 aliphatic carbocycles. The molecule has 1 fully saturated rings. The first-order valence-corrected chi connectivity index (χ1v) is 7.24. The molecule has 1 saturated carbocycles. The van der Waals surface area contributed by atoms with Crippen LogP contribution in [-0.4, -0.2) is 17.0 Å². The number of hydrogen-bond donors (Lipinski definition) is 2. The van der Waals surface area contributed by atoms with Gasteiger partial charge < -0.3 is 10.6 Å². The minimum atomic E-state index is -0.278. The zero-order chi connectivity index (χ0) is 14.1. The third-order valence-electron chi connectivity index (χ3n) is 3.16. The lowest BCUT2D eigenvalue weighted by Gasteiger charge is -2.10. The summed E-state index contributed by atoms with van der Waals surface area (Å²) in [7, 11) is 1.80. The van der Waals surface area contributed by atoms with Gasteiger partial charge in [0.15, 0.2) is 0 Å². The number of aromatic nitrogens is 2. The van der Waals surface area contributed by atoms with E-state index in [9.17, 15) is 4.39 Å². The second-order valence-corrected chi connectivity index (χ2v) is 5.63. The van der Waals surface area contributed by atoms with Crippen molar-refractivity contribution in [3.63, 3.8) is 0 Å². The van der Waals surface area contributed by atoms with E-state index in [-0.39, 0.29) is 5.82 Å². The van der Waals surface area contributed by atoms with Crippen molar-refractivity contribution in [3.05, 3.63) is 40.2 Å². The van der Waals surface area contributed by atoms with E-state index in [4.69, 9.17) is 0 Å². The van der Waals surface area contributed by atoms with Crippen molar-refractivity contribution in [1.29, 1.82) is 0 Å². The van der Waals surface area contributed by atoms with Gasteiger partial charge in [0.2, 0.25) is 5.95 Å². The van der Waals surface area contributed by atoms with Crippen molar-refractivity contribution < 1.29 is 4.39 Å². The van der Waals surface area contributed by atoms with Gasteiger partial charge in [-0.2, -0.15) is 4.98 Å². The zero-order valence-electron chi connectivity index (χ0n) is 11.0. The quantitative estimate of drug-likeness (QED) is 0.884. The fraction of sp³-hybridized carbons (Fsp3) is 0.286. The molecule has 104 valence electrons. The Labute approximate surface area is 125 Å². The standard InChI is InChI=1S/C14H14BrFN4/c1-17-14-19-12(8-2-3-8)7-13(20-14)18-11-5-4-9(16)6-10(11)15/h4-8H,2-3H2,1H3,(H2,17,18,19,20). The van der Waals surface area contributed by atoms with Gasteiger partial charge in [0, 0.05) is 23.5 Å². The van der Waals surface area contributed by atoms with Crippen LogP contribution in [0.2, 0.25) is 0 Å². The molecule has 0 spiro atoms. The maximum absolute atomic E-state index is 13.1. The predicted molar refractivity (Wildman–Crippen MR) is 80.9 cm³/mol. The van der Waals surface area contributed by atoms with Crippen LogP contribution in [0, 0.1) is 5.82 Å². The molecule has 3 rings (SSSR count). The van der Waals surface area contributed by atoms with Crippen LogP contribution < -0.4 is 10.6 Å². The lowest BCUT2D eigenvalue weighted by Crippen LogP contribution is -2.03. The van der Waals surface area contributed by atoms with Crippen molar-refractivity contribution in [1.82, 2.24) is 9.97 Å². The normalized spacial score (nSPS) is 14.2. The maximum Gasteiger partial charge on any atom is 0.224 e. The van der Waals surface area contributed by atoms with E-state index < -0.39 is 0 Å². The first-order chi connectivity index (χ1) is 9.65. The Kier molecular flexibility index (Phi) is 3.56. The Morgan fingerprint density at radius 2 is 2.05 bits per heavy atom. The molecule has 0 unspecified atom stereocenters. The van der Waals surface area contributed by atoms with Gasteiger partial charge in [-0.25, -0.2) is 9.37 Å². The van der Waals surface area contributed by atoms with Crippen LogP contribution in [0.1, 0.15) is 24.5 Å². The summed E-state index contributed by atoms with van der Waals surface area (Å²) in [5, 5.41) is 6.16. The second-order valence-electron chi connectivity index (χ2n) is 4.78. The Morgan fingerprint density at radius 3 is 2.70 bits per heavy atom. The zero-order valence-corrected chi connectivity index (χ0v) is 12.5. The van der Waals surface area contributed by atoms with Gasteiger partial charge >= 0.3 is 0 Å². The van der Waals surface area contributed by atoms with E-state index in [1.54, 1.807) is 13.1 Å². The largest absolute Gasteiger partial charge is 0.357 e. The number of hydrogen-bond acceptors (Lipinski definition) is 4. The summed E-state index contributed by atoms with van der Waals surface area (Å²) in [6.07, 6.45) is 2.36. The van der Waals surface area contributed by atoms with Gasteiger partial charge in [-0.1, -0.05) is 0 Å². The highest BCUT2D eigenvalue weighted by molar-refractivity contribution is 9.10. The molecule has 0 atom stereocenters. The monoisotopic (exact) mass is 336 g/mol. The summed E-state index contributed by atoms with van der Waals surface area (Å²) in [6, 6.07) is 6.46. The summed E-state index contributed by atoms with van der Waals surface area (Å²) >= 11 is 3.34. The van der Waals surface area contributed by atoms with Crippen LogP contribution in [0.15, 0.2) is 28.7 Å². The molecule has 1 aromatic carbocycles. The van der Waals surface area contributed by atoms with Crippen LogP contribution in [-0.2, 0) is 0 Å². The van der Waals surface area contributed by atoms with E-state index in [0.717, 1.165) is 11.4 Å². The number of rotatable bonds is 4. The summed E-state index contributed by atoms with van der Waals surface area (Å²) in [5.41, 5.74) is 1.82. The molecular weight excluding hydrogens is 323 g/mol. The molecule has 2 N–H and O–H groups in total. The third kappa shape index (κ3) is 2.90. The Morgan fingerprint density at radius 1 is 1.25 bits per heavy atom. The number of nitrogens with zero attached hydrogens (tertiary/aromatic N) is 2. The van der Waals surface area contributed by atoms with Gasteiger partial charge in [-0.05, 0) is 47.0 Å². The predicted octanol–water partition coefficient (Wildman–Crippen LogP) is 4.04. The second kappa shape index (κ2) is 5.36. The third-order valence-corrected chi connectivity index (χ3v) is 3.82. The molecule has 1 aromatic heterocycles. The molecule has 0 bridgehead atoms. The Bertz CT molecular complexity index is 643. The van der Waals surface area contributed by atoms with E-state index >= 15 is 0 Å². The average Bonchev–Trinajstić information content (AvgIpc) is 3.26. The van der Waals surface area contributed by atoms with E-state index in [0.29, 0.717) is 22.2 Å². The molecule has 20 heavy (non-hydrogen) atoms. The van der Waals surface area contributed by atoms with E-state index in [1.165, 1.54) is 25.0 Å². The van der Waals surface area contributed by atoms with Gasteiger partial charge in [-0.3, -0.25) is 0 Å². The van der Waals surface area contributed by atoms with Crippen molar-refractivity contribution in [2.24, 2.45) is 0 Å². The lowest BCUT2D eigenvalue weighted by molar-refractivity contribution is 0.627. The van der Waals surface area contributed by atoms with Gasteiger partial charge in [0.1, 0.15) is 11.6 Å². The van der Waals surface area contributed by atoms with Gasteiger partial charge in [0.05, 0.1) is 11.4 Å². The highest BCUT2D eigenvalue weighted by atomic mass is 79.9. The molecule has 0 saturated heterocycles. The van der Waals surface area contributed by atoms with Gasteiger partial charge in [0.25, 0.3) is 0 Å². The average molecular weight is 337 g/mol. The molecular formula is C14H14BrFN4. The molecule has 4 nitrogen and oxygen atoms in total. The number of nitrogens with one attached hydrogen (secondary N) is 2. The molecule has 0 radical (unpaired) electrons. The highest BCUT2D eigenvalue weighted by Crippen LogP contribution is 2.40. The van der Waals surface area contributed by atoms with Crippen molar-refractivity contribution >= 4 is 33.4 Å². The van der Waals surface area contributed by atoms with Gasteiger partial charge in [-0.15, -0.1) is 0 Å². The first kappa shape index (κ1) is 13.3. The summed E-state index contributed by atoms with van der Waals surface area (Å²) in [5.74, 6) is 1.57. The first-order valence-electron chi connectivity index (χ1n) is 6.44. The minimum Gasteiger partial charge on any atom is -0.357 e. The van der Waals surface area contributed by atoms with Crippen molar-refractivity contribution in [2.45, 2.75) is 18.8 Å². The Balaban J connectivity index is 1.91.